The van der Waals surface area contributed by atoms with Crippen molar-refractivity contribution in [1.82, 2.24) is 5.32 Å². The van der Waals surface area contributed by atoms with Crippen LogP contribution in [-0.4, -0.2) is 31.4 Å². The van der Waals surface area contributed by atoms with E-state index in [1.165, 1.54) is 0 Å². The number of rotatable bonds is 8. The fraction of sp³-hybridized carbons (Fsp3) is 0.263. The van der Waals surface area contributed by atoms with E-state index in [2.05, 4.69) is 10.6 Å². The Morgan fingerprint density at radius 3 is 2.08 bits per heavy atom. The van der Waals surface area contributed by atoms with Crippen LogP contribution in [0.1, 0.15) is 13.3 Å². The summed E-state index contributed by atoms with van der Waals surface area (Å²) < 4.78 is 0. The lowest BCUT2D eigenvalue weighted by Gasteiger charge is -2.23. The number of anilines is 2. The van der Waals surface area contributed by atoms with Crippen LogP contribution < -0.4 is 15.5 Å². The first kappa shape index (κ1) is 17.5. The van der Waals surface area contributed by atoms with Gasteiger partial charge in [-0.2, -0.15) is 0 Å². The molecule has 0 aromatic heterocycles. The Morgan fingerprint density at radius 1 is 0.875 bits per heavy atom. The molecule has 0 fully saturated rings. The van der Waals surface area contributed by atoms with Gasteiger partial charge < -0.3 is 15.5 Å². The van der Waals surface area contributed by atoms with Crippen LogP contribution in [0, 0.1) is 0 Å². The Hall–Kier alpha value is -2.82. The standard InChI is InChI=1S/C19H23N3O2/c1-2-13-20-18(23)14-22(17-11-7-4-8-12-17)15-19(24)21-16-9-5-3-6-10-16/h3-12H,2,13-15H2,1H3,(H,20,23)(H,21,24). The molecule has 2 aromatic carbocycles. The van der Waals surface area contributed by atoms with E-state index in [-0.39, 0.29) is 24.9 Å². The molecule has 2 aromatic rings. The minimum absolute atomic E-state index is 0.0896. The zero-order valence-electron chi connectivity index (χ0n) is 13.9. The molecule has 24 heavy (non-hydrogen) atoms. The zero-order chi connectivity index (χ0) is 17.2. The Balaban J connectivity index is 2.02. The van der Waals surface area contributed by atoms with Gasteiger partial charge in [0.05, 0.1) is 13.1 Å². The third kappa shape index (κ3) is 5.76. The summed E-state index contributed by atoms with van der Waals surface area (Å²) >= 11 is 0. The molecule has 0 spiro atoms. The van der Waals surface area contributed by atoms with Gasteiger partial charge in [-0.25, -0.2) is 0 Å². The van der Waals surface area contributed by atoms with Crippen LogP contribution in [0.15, 0.2) is 60.7 Å². The van der Waals surface area contributed by atoms with Gasteiger partial charge >= 0.3 is 0 Å². The number of hydrogen-bond acceptors (Lipinski definition) is 3. The topological polar surface area (TPSA) is 61.4 Å². The van der Waals surface area contributed by atoms with Gasteiger partial charge in [-0.3, -0.25) is 9.59 Å². The van der Waals surface area contributed by atoms with Gasteiger partial charge in [-0.15, -0.1) is 0 Å². The van der Waals surface area contributed by atoms with Crippen molar-refractivity contribution in [2.24, 2.45) is 0 Å². The molecule has 2 N–H and O–H groups in total. The molecule has 0 aliphatic rings. The van der Waals surface area contributed by atoms with Crippen molar-refractivity contribution in [1.29, 1.82) is 0 Å². The van der Waals surface area contributed by atoms with Gasteiger partial charge in [-0.05, 0) is 30.7 Å². The fourth-order valence-electron chi connectivity index (χ4n) is 2.27. The fourth-order valence-corrected chi connectivity index (χ4v) is 2.27. The quantitative estimate of drug-likeness (QED) is 0.784. The summed E-state index contributed by atoms with van der Waals surface area (Å²) in [6.07, 6.45) is 0.881. The summed E-state index contributed by atoms with van der Waals surface area (Å²) in [5.41, 5.74) is 1.58. The molecular weight excluding hydrogens is 302 g/mol. The second-order valence-corrected chi connectivity index (χ2v) is 5.46. The van der Waals surface area contributed by atoms with Crippen LogP contribution in [0.3, 0.4) is 0 Å². The van der Waals surface area contributed by atoms with Crippen LogP contribution in [-0.2, 0) is 9.59 Å². The minimum atomic E-state index is -0.159. The van der Waals surface area contributed by atoms with Crippen LogP contribution in [0.25, 0.3) is 0 Å². The normalized spacial score (nSPS) is 10.0. The van der Waals surface area contributed by atoms with Crippen LogP contribution in [0.2, 0.25) is 0 Å². The van der Waals surface area contributed by atoms with Gasteiger partial charge in [0.1, 0.15) is 0 Å². The molecule has 126 valence electrons. The van der Waals surface area contributed by atoms with Crippen molar-refractivity contribution in [3.8, 4) is 0 Å². The average Bonchev–Trinajstić information content (AvgIpc) is 2.61. The maximum Gasteiger partial charge on any atom is 0.243 e. The molecule has 0 saturated heterocycles. The second kappa shape index (κ2) is 9.35. The highest BCUT2D eigenvalue weighted by molar-refractivity contribution is 5.95. The Morgan fingerprint density at radius 2 is 1.46 bits per heavy atom. The Bertz CT molecular complexity index is 644. The monoisotopic (exact) mass is 325 g/mol. The maximum atomic E-state index is 12.3. The van der Waals surface area contributed by atoms with Crippen molar-refractivity contribution in [3.05, 3.63) is 60.7 Å². The average molecular weight is 325 g/mol. The number of amides is 2. The second-order valence-electron chi connectivity index (χ2n) is 5.46. The van der Waals surface area contributed by atoms with Gasteiger partial charge in [0.15, 0.2) is 0 Å². The molecule has 0 bridgehead atoms. The van der Waals surface area contributed by atoms with Crippen molar-refractivity contribution < 1.29 is 9.59 Å². The smallest absolute Gasteiger partial charge is 0.243 e. The van der Waals surface area contributed by atoms with E-state index in [0.717, 1.165) is 17.8 Å². The number of nitrogens with zero attached hydrogens (tertiary/aromatic N) is 1. The minimum Gasteiger partial charge on any atom is -0.355 e. The lowest BCUT2D eigenvalue weighted by Crippen LogP contribution is -2.41. The molecule has 0 atom stereocenters. The summed E-state index contributed by atoms with van der Waals surface area (Å²) in [5.74, 6) is -0.249. The van der Waals surface area contributed by atoms with Crippen LogP contribution in [0.5, 0.6) is 0 Å². The predicted molar refractivity (Wildman–Crippen MR) is 97.0 cm³/mol. The summed E-state index contributed by atoms with van der Waals surface area (Å²) in [5, 5.41) is 5.69. The molecule has 0 unspecified atom stereocenters. The van der Waals surface area contributed by atoms with Crippen molar-refractivity contribution >= 4 is 23.2 Å². The maximum absolute atomic E-state index is 12.3. The van der Waals surface area contributed by atoms with E-state index in [0.29, 0.717) is 6.54 Å². The zero-order valence-corrected chi connectivity index (χ0v) is 13.9. The van der Waals surface area contributed by atoms with E-state index >= 15 is 0 Å². The van der Waals surface area contributed by atoms with Crippen LogP contribution >= 0.6 is 0 Å². The summed E-state index contributed by atoms with van der Waals surface area (Å²) in [4.78, 5) is 26.1. The first-order valence-electron chi connectivity index (χ1n) is 8.10. The molecule has 0 aliphatic heterocycles. The highest BCUT2D eigenvalue weighted by atomic mass is 16.2. The Kier molecular flexibility index (Phi) is 6.83. The van der Waals surface area contributed by atoms with E-state index in [1.54, 1.807) is 4.90 Å². The first-order chi connectivity index (χ1) is 11.7. The van der Waals surface area contributed by atoms with Crippen molar-refractivity contribution in [2.75, 3.05) is 29.9 Å². The number of para-hydroxylation sites is 2. The molecular formula is C19H23N3O2. The number of benzene rings is 2. The molecule has 2 rings (SSSR count). The highest BCUT2D eigenvalue weighted by Gasteiger charge is 2.15. The summed E-state index contributed by atoms with van der Waals surface area (Å²) in [7, 11) is 0. The molecule has 5 nitrogen and oxygen atoms in total. The molecule has 0 radical (unpaired) electrons. The SMILES string of the molecule is CCCNC(=O)CN(CC(=O)Nc1ccccc1)c1ccccc1. The Labute approximate surface area is 142 Å². The molecule has 2 amide bonds. The van der Waals surface area contributed by atoms with Gasteiger partial charge in [0, 0.05) is 17.9 Å². The molecule has 5 heteroatoms. The molecule has 0 saturated carbocycles. The van der Waals surface area contributed by atoms with Crippen LogP contribution in [0.4, 0.5) is 11.4 Å². The van der Waals surface area contributed by atoms with Crippen molar-refractivity contribution in [2.45, 2.75) is 13.3 Å². The molecule has 0 heterocycles. The lowest BCUT2D eigenvalue weighted by atomic mass is 10.2. The number of carbonyl (C=O) groups excluding carboxylic acids is 2. The third-order valence-corrected chi connectivity index (χ3v) is 3.42. The summed E-state index contributed by atoms with van der Waals surface area (Å²) in [6, 6.07) is 18.8. The van der Waals surface area contributed by atoms with Gasteiger partial charge in [0.25, 0.3) is 0 Å². The third-order valence-electron chi connectivity index (χ3n) is 3.42. The summed E-state index contributed by atoms with van der Waals surface area (Å²) in [6.45, 7) is 2.89. The predicted octanol–water partition coefficient (Wildman–Crippen LogP) is 2.66. The van der Waals surface area contributed by atoms with E-state index in [4.69, 9.17) is 0 Å². The lowest BCUT2D eigenvalue weighted by molar-refractivity contribution is -0.119. The van der Waals surface area contributed by atoms with Gasteiger partial charge in [0.2, 0.25) is 11.8 Å². The van der Waals surface area contributed by atoms with Crippen molar-refractivity contribution in [3.63, 3.8) is 0 Å². The van der Waals surface area contributed by atoms with E-state index in [9.17, 15) is 9.59 Å². The van der Waals surface area contributed by atoms with E-state index < -0.39 is 0 Å². The highest BCUT2D eigenvalue weighted by Crippen LogP contribution is 2.13. The first-order valence-corrected chi connectivity index (χ1v) is 8.10. The number of carbonyl (C=O) groups is 2. The van der Waals surface area contributed by atoms with Gasteiger partial charge in [-0.1, -0.05) is 43.3 Å². The largest absolute Gasteiger partial charge is 0.355 e. The van der Waals surface area contributed by atoms with E-state index in [1.807, 2.05) is 67.6 Å². The number of nitrogens with one attached hydrogen (secondary N) is 2. The molecule has 0 aliphatic carbocycles. The number of hydrogen-bond donors (Lipinski definition) is 2.